The van der Waals surface area contributed by atoms with E-state index in [4.69, 9.17) is 13.8 Å². The highest BCUT2D eigenvalue weighted by atomic mass is 31.2. The first-order chi connectivity index (χ1) is 36.4. The van der Waals surface area contributed by atoms with Gasteiger partial charge in [-0.05, 0) is 83.1 Å². The number of quaternary nitrogens is 1. The normalized spacial score (nSPS) is 14.0. The first-order valence-corrected chi connectivity index (χ1v) is 33.4. The lowest BCUT2D eigenvalue weighted by Gasteiger charge is -2.30. The van der Waals surface area contributed by atoms with Crippen molar-refractivity contribution in [3.8, 4) is 0 Å². The van der Waals surface area contributed by atoms with Crippen LogP contribution >= 0.6 is 7.82 Å². The summed E-state index contributed by atoms with van der Waals surface area (Å²) in [5.41, 5.74) is 0. The summed E-state index contributed by atoms with van der Waals surface area (Å²) >= 11 is 0. The lowest BCUT2D eigenvalue weighted by Crippen LogP contribution is -2.47. The van der Waals surface area contributed by atoms with Crippen molar-refractivity contribution in [1.82, 2.24) is 5.32 Å². The third-order valence-electron chi connectivity index (χ3n) is 14.2. The van der Waals surface area contributed by atoms with E-state index in [1.165, 1.54) is 180 Å². The molecular weight excluding hydrogens is 952 g/mol. The molecule has 1 amide bonds. The number of amides is 1. The van der Waals surface area contributed by atoms with Gasteiger partial charge in [0.1, 0.15) is 19.3 Å². The average Bonchev–Trinajstić information content (AvgIpc) is 3.37. The number of hydrogen-bond donors (Lipinski definition) is 1. The number of nitrogens with zero attached hydrogens (tertiary/aromatic N) is 1. The molecule has 9 nitrogen and oxygen atoms in total. The number of esters is 1. The van der Waals surface area contributed by atoms with Crippen LogP contribution in [0.3, 0.4) is 0 Å². The van der Waals surface area contributed by atoms with Crippen molar-refractivity contribution in [3.05, 3.63) is 48.6 Å². The number of nitrogens with one attached hydrogen (secondary N) is 1. The largest absolute Gasteiger partial charge is 0.756 e. The van der Waals surface area contributed by atoms with Crippen LogP contribution in [0.2, 0.25) is 0 Å². The zero-order valence-corrected chi connectivity index (χ0v) is 51.2. The van der Waals surface area contributed by atoms with Gasteiger partial charge in [-0.15, -0.1) is 0 Å². The quantitative estimate of drug-likeness (QED) is 0.0212. The summed E-state index contributed by atoms with van der Waals surface area (Å²) in [7, 11) is 1.19. The second-order valence-electron chi connectivity index (χ2n) is 22.9. The molecule has 1 N–H and O–H groups in total. The Labute approximate surface area is 465 Å². The molecule has 0 aliphatic heterocycles. The molecule has 10 heteroatoms. The number of ether oxygens (including phenoxy) is 1. The third kappa shape index (κ3) is 56.5. The Kier molecular flexibility index (Phi) is 53.8. The van der Waals surface area contributed by atoms with Crippen LogP contribution < -0.4 is 10.2 Å². The molecule has 0 aromatic carbocycles. The Morgan fingerprint density at radius 1 is 0.467 bits per heavy atom. The fraction of sp³-hybridized carbons (Fsp3) is 0.846. The number of hydrogen-bond acceptors (Lipinski definition) is 7. The van der Waals surface area contributed by atoms with Crippen molar-refractivity contribution in [2.45, 2.75) is 315 Å². The standard InChI is InChI=1S/C65H123N2O7P/c1-7-10-13-16-19-22-25-26-27-28-29-30-31-32-33-34-35-36-37-38-39-40-43-46-49-52-55-58-65(69)74-63(56-53-50-47-44-41-23-20-17-14-11-8-2)62(61-73-75(70,71)72-60-59-67(4,5)6)66-64(68)57-54-51-48-45-42-24-21-18-15-12-9-3/h18-19,21-22,26-27,53,56,62-63H,7-17,20,23-25,28-52,54-55,57-61H2,1-6H3,(H-,66,68,70,71)/b21-18-,22-19-,27-26-,56-53-. The van der Waals surface area contributed by atoms with Gasteiger partial charge < -0.3 is 28.5 Å². The fourth-order valence-corrected chi connectivity index (χ4v) is 9.96. The molecule has 0 aromatic rings. The minimum Gasteiger partial charge on any atom is -0.756 e. The minimum atomic E-state index is -4.69. The molecule has 0 spiro atoms. The van der Waals surface area contributed by atoms with Crippen molar-refractivity contribution in [3.63, 3.8) is 0 Å². The van der Waals surface area contributed by atoms with Gasteiger partial charge in [0, 0.05) is 12.8 Å². The lowest BCUT2D eigenvalue weighted by molar-refractivity contribution is -0.870. The third-order valence-corrected chi connectivity index (χ3v) is 15.2. The van der Waals surface area contributed by atoms with E-state index in [-0.39, 0.29) is 31.5 Å². The van der Waals surface area contributed by atoms with Crippen LogP contribution in [0.4, 0.5) is 0 Å². The smallest absolute Gasteiger partial charge is 0.306 e. The van der Waals surface area contributed by atoms with Gasteiger partial charge in [0.25, 0.3) is 7.82 Å². The first kappa shape index (κ1) is 73.0. The van der Waals surface area contributed by atoms with Crippen LogP contribution in [0.1, 0.15) is 303 Å². The number of allylic oxidation sites excluding steroid dienone is 7. The molecule has 440 valence electrons. The Morgan fingerprint density at radius 2 is 0.827 bits per heavy atom. The number of unbranched alkanes of at least 4 members (excludes halogenated alkanes) is 36. The highest BCUT2D eigenvalue weighted by molar-refractivity contribution is 7.45. The molecule has 0 aromatic heterocycles. The fourth-order valence-electron chi connectivity index (χ4n) is 9.24. The van der Waals surface area contributed by atoms with Crippen LogP contribution in [0, 0.1) is 0 Å². The van der Waals surface area contributed by atoms with Crippen molar-refractivity contribution in [1.29, 1.82) is 0 Å². The van der Waals surface area contributed by atoms with Gasteiger partial charge in [-0.2, -0.15) is 0 Å². The van der Waals surface area contributed by atoms with Crippen LogP contribution in [-0.2, 0) is 27.9 Å². The maximum atomic E-state index is 13.5. The van der Waals surface area contributed by atoms with Crippen molar-refractivity contribution in [2.24, 2.45) is 0 Å². The zero-order valence-electron chi connectivity index (χ0n) is 50.3. The number of carbonyl (C=O) groups excluding carboxylic acids is 2. The summed E-state index contributed by atoms with van der Waals surface area (Å²) in [6.45, 7) is 6.79. The molecule has 3 atom stereocenters. The second kappa shape index (κ2) is 55.3. The van der Waals surface area contributed by atoms with E-state index in [2.05, 4.69) is 62.5 Å². The number of rotatable bonds is 58. The highest BCUT2D eigenvalue weighted by Gasteiger charge is 2.27. The number of likely N-dealkylation sites (N-methyl/N-ethyl adjacent to an activating group) is 1. The molecule has 0 aliphatic rings. The van der Waals surface area contributed by atoms with Gasteiger partial charge in [-0.25, -0.2) is 0 Å². The van der Waals surface area contributed by atoms with Gasteiger partial charge in [0.15, 0.2) is 0 Å². The molecule has 0 radical (unpaired) electrons. The molecule has 0 fully saturated rings. The van der Waals surface area contributed by atoms with E-state index in [0.29, 0.717) is 17.4 Å². The molecule has 0 bridgehead atoms. The van der Waals surface area contributed by atoms with E-state index in [1.807, 2.05) is 33.3 Å². The van der Waals surface area contributed by atoms with Crippen molar-refractivity contribution in [2.75, 3.05) is 40.9 Å². The Hall–Kier alpha value is -2.03. The number of phosphoric ester groups is 1. The summed E-state index contributed by atoms with van der Waals surface area (Å²) in [5.74, 6) is -0.544. The van der Waals surface area contributed by atoms with Crippen LogP contribution in [0.25, 0.3) is 0 Å². The predicted octanol–water partition coefficient (Wildman–Crippen LogP) is 19.0. The van der Waals surface area contributed by atoms with Crippen molar-refractivity contribution < 1.29 is 37.3 Å². The van der Waals surface area contributed by atoms with Crippen LogP contribution in [0.15, 0.2) is 48.6 Å². The number of phosphoric acid groups is 1. The van der Waals surface area contributed by atoms with Crippen LogP contribution in [0.5, 0.6) is 0 Å². The molecule has 0 saturated carbocycles. The Bertz CT molecular complexity index is 1420. The van der Waals surface area contributed by atoms with Gasteiger partial charge >= 0.3 is 5.97 Å². The zero-order chi connectivity index (χ0) is 55.0. The maximum Gasteiger partial charge on any atom is 0.306 e. The van der Waals surface area contributed by atoms with Gasteiger partial charge in [-0.3, -0.25) is 14.2 Å². The molecule has 0 rings (SSSR count). The monoisotopic (exact) mass is 1070 g/mol. The van der Waals surface area contributed by atoms with Gasteiger partial charge in [-0.1, -0.05) is 256 Å². The van der Waals surface area contributed by atoms with E-state index in [1.54, 1.807) is 0 Å². The molecule has 0 heterocycles. The molecule has 0 aliphatic carbocycles. The topological polar surface area (TPSA) is 114 Å². The van der Waals surface area contributed by atoms with E-state index >= 15 is 0 Å². The summed E-state index contributed by atoms with van der Waals surface area (Å²) in [5, 5.41) is 3.02. The van der Waals surface area contributed by atoms with E-state index in [0.717, 1.165) is 89.9 Å². The summed E-state index contributed by atoms with van der Waals surface area (Å²) in [4.78, 5) is 39.9. The van der Waals surface area contributed by atoms with E-state index < -0.39 is 20.0 Å². The molecule has 3 unspecified atom stereocenters. The highest BCUT2D eigenvalue weighted by Crippen LogP contribution is 2.38. The summed E-state index contributed by atoms with van der Waals surface area (Å²) in [6.07, 6.45) is 68.1. The van der Waals surface area contributed by atoms with E-state index in [9.17, 15) is 19.0 Å². The Balaban J connectivity index is 4.93. The van der Waals surface area contributed by atoms with Crippen molar-refractivity contribution >= 4 is 19.7 Å². The molecular formula is C65H123N2O7P. The second-order valence-corrected chi connectivity index (χ2v) is 24.3. The SMILES string of the molecule is CCCC/C=C\CCCCCCCC(=O)NC(COP(=O)([O-])OCC[N+](C)(C)C)C(/C=C\CCCCCCCCCCC)OC(=O)CCCCCCCCCCCCCCCCCCC/C=C\C/C=C\CCCCC. The lowest BCUT2D eigenvalue weighted by atomic mass is 10.0. The molecule has 0 saturated heterocycles. The average molecular weight is 1080 g/mol. The van der Waals surface area contributed by atoms with Gasteiger partial charge in [0.2, 0.25) is 5.91 Å². The number of carbonyl (C=O) groups is 2. The first-order valence-electron chi connectivity index (χ1n) is 31.9. The Morgan fingerprint density at radius 3 is 1.28 bits per heavy atom. The van der Waals surface area contributed by atoms with Gasteiger partial charge in [0.05, 0.1) is 33.8 Å². The molecule has 75 heavy (non-hydrogen) atoms. The minimum absolute atomic E-state index is 0.0228. The maximum absolute atomic E-state index is 13.5. The predicted molar refractivity (Wildman–Crippen MR) is 321 cm³/mol. The summed E-state index contributed by atoms with van der Waals surface area (Å²) < 4.78 is 30.3. The van der Waals surface area contributed by atoms with Crippen LogP contribution in [-0.4, -0.2) is 69.4 Å². The summed E-state index contributed by atoms with van der Waals surface area (Å²) in [6, 6.07) is -0.889.